The van der Waals surface area contributed by atoms with Gasteiger partial charge in [0.15, 0.2) is 0 Å². The summed E-state index contributed by atoms with van der Waals surface area (Å²) >= 11 is 19.0. The first-order valence-electron chi connectivity index (χ1n) is 10.3. The van der Waals surface area contributed by atoms with Gasteiger partial charge in [-0.1, -0.05) is 83.3 Å². The Morgan fingerprint density at radius 2 is 1.59 bits per heavy atom. The Kier molecular flexibility index (Phi) is 4.80. The molecule has 3 nitrogen and oxygen atoms in total. The van der Waals surface area contributed by atoms with Crippen LogP contribution in [0.15, 0.2) is 84.0 Å². The van der Waals surface area contributed by atoms with Crippen molar-refractivity contribution in [3.8, 4) is 5.75 Å². The molecule has 0 aliphatic carbocycles. The van der Waals surface area contributed by atoms with Crippen molar-refractivity contribution in [2.75, 3.05) is 0 Å². The number of fused-ring (bicyclic) bond motifs is 4. The fourth-order valence-electron chi connectivity index (χ4n) is 4.51. The summed E-state index contributed by atoms with van der Waals surface area (Å²) in [5.74, 6) is 0.659. The smallest absolute Gasteiger partial charge is 0.213 e. The third-order valence-corrected chi connectivity index (χ3v) is 6.80. The Bertz CT molecular complexity index is 1380. The van der Waals surface area contributed by atoms with E-state index in [0.29, 0.717) is 20.8 Å². The molecule has 4 aromatic rings. The molecule has 6 heteroatoms. The van der Waals surface area contributed by atoms with Gasteiger partial charge in [-0.2, -0.15) is 5.10 Å². The number of ether oxygens (including phenoxy) is 1. The number of halogens is 3. The van der Waals surface area contributed by atoms with Crippen LogP contribution in [0.25, 0.3) is 10.8 Å². The second kappa shape index (κ2) is 7.70. The van der Waals surface area contributed by atoms with Crippen LogP contribution >= 0.6 is 34.8 Å². The normalized spacial score (nSPS) is 19.3. The molecule has 0 saturated carbocycles. The highest BCUT2D eigenvalue weighted by molar-refractivity contribution is 6.35. The zero-order valence-corrected chi connectivity index (χ0v) is 19.1. The van der Waals surface area contributed by atoms with Crippen molar-refractivity contribution in [1.29, 1.82) is 0 Å². The number of rotatable bonds is 2. The van der Waals surface area contributed by atoms with Gasteiger partial charge in [-0.05, 0) is 46.7 Å². The standard InChI is InChI=1S/C26H17Cl3N2O/c27-19-9-7-16(8-10-19)26-31-24(21-12-20(28)13-22(29)25(21)32-26)14-23(30-31)18-6-5-15-3-1-2-4-17(15)11-18/h1-13,24,26H,14H2/t24-,26+/m1/s1. The largest absolute Gasteiger partial charge is 0.463 e. The Morgan fingerprint density at radius 3 is 2.41 bits per heavy atom. The van der Waals surface area contributed by atoms with Gasteiger partial charge in [-0.15, -0.1) is 0 Å². The SMILES string of the molecule is Clc1ccc([C@@H]2Oc3c(Cl)cc(Cl)cc3[C@H]3CC(c4ccc5ccccc5c4)=NN32)cc1. The summed E-state index contributed by atoms with van der Waals surface area (Å²) in [6.45, 7) is 0. The van der Waals surface area contributed by atoms with E-state index in [1.54, 1.807) is 6.07 Å². The van der Waals surface area contributed by atoms with E-state index >= 15 is 0 Å². The van der Waals surface area contributed by atoms with Crippen LogP contribution in [-0.4, -0.2) is 10.7 Å². The van der Waals surface area contributed by atoms with Gasteiger partial charge in [0.25, 0.3) is 0 Å². The van der Waals surface area contributed by atoms with Crippen LogP contribution in [0, 0.1) is 0 Å². The summed E-state index contributed by atoms with van der Waals surface area (Å²) in [4.78, 5) is 0. The van der Waals surface area contributed by atoms with E-state index in [2.05, 4.69) is 36.4 Å². The van der Waals surface area contributed by atoms with Crippen molar-refractivity contribution in [3.63, 3.8) is 0 Å². The van der Waals surface area contributed by atoms with Gasteiger partial charge >= 0.3 is 0 Å². The molecule has 4 aromatic carbocycles. The first-order chi connectivity index (χ1) is 15.6. The summed E-state index contributed by atoms with van der Waals surface area (Å²) in [6.07, 6.45) is 0.316. The van der Waals surface area contributed by atoms with Crippen molar-refractivity contribution < 1.29 is 4.74 Å². The molecule has 2 aliphatic heterocycles. The lowest BCUT2D eigenvalue weighted by atomic mass is 9.95. The van der Waals surface area contributed by atoms with Gasteiger partial charge in [-0.25, -0.2) is 5.01 Å². The predicted octanol–water partition coefficient (Wildman–Crippen LogP) is 8.04. The molecule has 0 N–H and O–H groups in total. The molecular weight excluding hydrogens is 463 g/mol. The van der Waals surface area contributed by atoms with Crippen molar-refractivity contribution in [3.05, 3.63) is 111 Å². The molecule has 158 valence electrons. The first-order valence-corrected chi connectivity index (χ1v) is 11.5. The zero-order chi connectivity index (χ0) is 21.8. The zero-order valence-electron chi connectivity index (χ0n) is 16.8. The minimum Gasteiger partial charge on any atom is -0.463 e. The summed E-state index contributed by atoms with van der Waals surface area (Å²) in [5.41, 5.74) is 4.02. The van der Waals surface area contributed by atoms with Crippen molar-refractivity contribution in [1.82, 2.24) is 5.01 Å². The number of hydrogen-bond acceptors (Lipinski definition) is 3. The van der Waals surface area contributed by atoms with Crippen LogP contribution < -0.4 is 4.74 Å². The molecule has 0 fully saturated rings. The molecule has 0 aromatic heterocycles. The topological polar surface area (TPSA) is 24.8 Å². The van der Waals surface area contributed by atoms with Gasteiger partial charge in [-0.3, -0.25) is 0 Å². The van der Waals surface area contributed by atoms with E-state index in [0.717, 1.165) is 28.8 Å². The number of hydrogen-bond donors (Lipinski definition) is 0. The molecule has 2 heterocycles. The van der Waals surface area contributed by atoms with E-state index in [1.807, 2.05) is 41.4 Å². The molecule has 0 saturated heterocycles. The quantitative estimate of drug-likeness (QED) is 0.290. The van der Waals surface area contributed by atoms with Crippen LogP contribution in [0.4, 0.5) is 0 Å². The molecule has 6 rings (SSSR count). The summed E-state index contributed by atoms with van der Waals surface area (Å²) < 4.78 is 6.40. The van der Waals surface area contributed by atoms with E-state index in [-0.39, 0.29) is 6.04 Å². The Balaban J connectivity index is 1.47. The fraction of sp³-hybridized carbons (Fsp3) is 0.115. The van der Waals surface area contributed by atoms with Crippen molar-refractivity contribution in [2.24, 2.45) is 5.10 Å². The minimum atomic E-state index is -0.415. The van der Waals surface area contributed by atoms with Crippen molar-refractivity contribution >= 4 is 51.3 Å². The maximum absolute atomic E-state index is 6.55. The number of nitrogens with zero attached hydrogens (tertiary/aromatic N) is 2. The second-order valence-corrected chi connectivity index (χ2v) is 9.32. The predicted molar refractivity (Wildman–Crippen MR) is 131 cm³/mol. The Labute approximate surface area is 200 Å². The van der Waals surface area contributed by atoms with Crippen LogP contribution in [-0.2, 0) is 0 Å². The summed E-state index contributed by atoms with van der Waals surface area (Å²) in [7, 11) is 0. The minimum absolute atomic E-state index is 0.0305. The van der Waals surface area contributed by atoms with Gasteiger partial charge in [0.05, 0.1) is 16.8 Å². The lowest BCUT2D eigenvalue weighted by molar-refractivity contribution is -0.0189. The van der Waals surface area contributed by atoms with Crippen molar-refractivity contribution in [2.45, 2.75) is 18.7 Å². The number of hydrazone groups is 1. The monoisotopic (exact) mass is 478 g/mol. The molecule has 0 unspecified atom stereocenters. The molecule has 0 amide bonds. The summed E-state index contributed by atoms with van der Waals surface area (Å²) in [6, 6.07) is 26.1. The van der Waals surface area contributed by atoms with Crippen LogP contribution in [0.3, 0.4) is 0 Å². The van der Waals surface area contributed by atoms with E-state index < -0.39 is 6.23 Å². The lowest BCUT2D eigenvalue weighted by Crippen LogP contribution is -2.33. The molecule has 2 aliphatic rings. The lowest BCUT2D eigenvalue weighted by Gasteiger charge is -2.38. The van der Waals surface area contributed by atoms with E-state index in [4.69, 9.17) is 44.6 Å². The highest BCUT2D eigenvalue weighted by Crippen LogP contribution is 2.50. The van der Waals surface area contributed by atoms with Gasteiger partial charge in [0.1, 0.15) is 5.75 Å². The average Bonchev–Trinajstić information content (AvgIpc) is 3.25. The second-order valence-electron chi connectivity index (χ2n) is 8.04. The van der Waals surface area contributed by atoms with Crippen LogP contribution in [0.1, 0.15) is 35.4 Å². The molecule has 0 spiro atoms. The third kappa shape index (κ3) is 3.32. The molecule has 0 bridgehead atoms. The molecule has 32 heavy (non-hydrogen) atoms. The van der Waals surface area contributed by atoms with Crippen LogP contribution in [0.5, 0.6) is 5.75 Å². The first kappa shape index (κ1) is 19.9. The Morgan fingerprint density at radius 1 is 0.812 bits per heavy atom. The number of benzene rings is 4. The molecule has 2 atom stereocenters. The maximum atomic E-state index is 6.55. The molecule has 0 radical (unpaired) electrons. The van der Waals surface area contributed by atoms with E-state index in [9.17, 15) is 0 Å². The third-order valence-electron chi connectivity index (χ3n) is 6.05. The van der Waals surface area contributed by atoms with E-state index in [1.165, 1.54) is 10.8 Å². The van der Waals surface area contributed by atoms with Gasteiger partial charge in [0, 0.05) is 27.6 Å². The fourth-order valence-corrected chi connectivity index (χ4v) is 5.18. The van der Waals surface area contributed by atoms with Crippen LogP contribution in [0.2, 0.25) is 15.1 Å². The average molecular weight is 480 g/mol. The molecular formula is C26H17Cl3N2O. The van der Waals surface area contributed by atoms with Gasteiger partial charge in [0.2, 0.25) is 6.23 Å². The highest BCUT2D eigenvalue weighted by Gasteiger charge is 2.42. The van der Waals surface area contributed by atoms with Gasteiger partial charge < -0.3 is 4.74 Å². The highest BCUT2D eigenvalue weighted by atomic mass is 35.5. The Hall–Kier alpha value is -2.72. The maximum Gasteiger partial charge on any atom is 0.213 e. The summed E-state index contributed by atoms with van der Waals surface area (Å²) in [5, 5.41) is 11.2.